The summed E-state index contributed by atoms with van der Waals surface area (Å²) in [6.07, 6.45) is 0. The minimum Gasteiger partial charge on any atom is -0.340 e. The van der Waals surface area contributed by atoms with Gasteiger partial charge < -0.3 is 4.90 Å². The fraction of sp³-hybridized carbons (Fsp3) is 0.889. The molecule has 1 atom stereocenters. The number of hydrogen-bond donors (Lipinski definition) is 0. The van der Waals surface area contributed by atoms with Gasteiger partial charge >= 0.3 is 0 Å². The first kappa shape index (κ1) is 11.9. The Kier molecular flexibility index (Phi) is 4.02. The van der Waals surface area contributed by atoms with Crippen molar-refractivity contribution in [1.82, 2.24) is 9.80 Å². The Hall–Kier alpha value is -1.17. The highest BCUT2D eigenvalue weighted by Gasteiger charge is 2.23. The molecule has 1 aliphatic heterocycles. The molecular formula is C9H17N3O3. The Morgan fingerprint density at radius 1 is 1.40 bits per heavy atom. The summed E-state index contributed by atoms with van der Waals surface area (Å²) < 4.78 is 0. The molecule has 1 saturated heterocycles. The van der Waals surface area contributed by atoms with Crippen LogP contribution in [0.25, 0.3) is 0 Å². The van der Waals surface area contributed by atoms with Crippen molar-refractivity contribution in [1.29, 1.82) is 0 Å². The second-order valence-corrected chi connectivity index (χ2v) is 3.94. The highest BCUT2D eigenvalue weighted by Crippen LogP contribution is 2.03. The molecule has 1 rings (SSSR count). The van der Waals surface area contributed by atoms with Crippen LogP contribution in [-0.2, 0) is 4.79 Å². The second kappa shape index (κ2) is 5.06. The maximum Gasteiger partial charge on any atom is 0.222 e. The van der Waals surface area contributed by atoms with Crippen LogP contribution in [-0.4, -0.2) is 59.4 Å². The van der Waals surface area contributed by atoms with Crippen molar-refractivity contribution < 1.29 is 9.72 Å². The molecule has 0 aliphatic carbocycles. The van der Waals surface area contributed by atoms with E-state index in [4.69, 9.17) is 0 Å². The standard InChI is InChI=1S/C9H17N3O3/c1-8(12(14)15)7-10-3-5-11(6-4-10)9(2)13/h8H,3-7H2,1-2H3. The summed E-state index contributed by atoms with van der Waals surface area (Å²) in [5.41, 5.74) is 0. The molecule has 0 aromatic rings. The predicted octanol–water partition coefficient (Wildman–Crippen LogP) is -0.184. The summed E-state index contributed by atoms with van der Waals surface area (Å²) in [5.74, 6) is 0.0805. The smallest absolute Gasteiger partial charge is 0.222 e. The maximum absolute atomic E-state index is 11.0. The Bertz CT molecular complexity index is 249. The van der Waals surface area contributed by atoms with Crippen molar-refractivity contribution in [3.63, 3.8) is 0 Å². The van der Waals surface area contributed by atoms with Gasteiger partial charge in [0, 0.05) is 44.9 Å². The maximum atomic E-state index is 11.0. The first-order valence-corrected chi connectivity index (χ1v) is 5.12. The molecule has 1 aliphatic rings. The van der Waals surface area contributed by atoms with Gasteiger partial charge in [-0.2, -0.15) is 0 Å². The van der Waals surface area contributed by atoms with Gasteiger partial charge in [-0.25, -0.2) is 0 Å². The third-order valence-corrected chi connectivity index (χ3v) is 2.70. The number of hydrogen-bond acceptors (Lipinski definition) is 4. The number of amides is 1. The van der Waals surface area contributed by atoms with E-state index in [0.29, 0.717) is 19.6 Å². The summed E-state index contributed by atoms with van der Waals surface area (Å²) in [6, 6.07) is -0.533. The van der Waals surface area contributed by atoms with E-state index in [0.717, 1.165) is 13.1 Å². The quantitative estimate of drug-likeness (QED) is 0.483. The molecule has 0 bridgehead atoms. The largest absolute Gasteiger partial charge is 0.340 e. The highest BCUT2D eigenvalue weighted by molar-refractivity contribution is 5.73. The number of nitro groups is 1. The SMILES string of the molecule is CC(=O)N1CCN(CC(C)[N+](=O)[O-])CC1. The van der Waals surface area contributed by atoms with Gasteiger partial charge in [-0.3, -0.25) is 19.8 Å². The summed E-state index contributed by atoms with van der Waals surface area (Å²) in [4.78, 5) is 25.0. The first-order valence-electron chi connectivity index (χ1n) is 5.12. The minimum absolute atomic E-state index is 0.0805. The first-order chi connectivity index (χ1) is 7.00. The van der Waals surface area contributed by atoms with Gasteiger partial charge in [0.15, 0.2) is 0 Å². The monoisotopic (exact) mass is 215 g/mol. The van der Waals surface area contributed by atoms with Crippen LogP contribution in [0.5, 0.6) is 0 Å². The molecular weight excluding hydrogens is 198 g/mol. The number of carbonyl (C=O) groups excluding carboxylic acids is 1. The molecule has 0 radical (unpaired) electrons. The zero-order valence-corrected chi connectivity index (χ0v) is 9.18. The van der Waals surface area contributed by atoms with Gasteiger partial charge in [-0.1, -0.05) is 0 Å². The molecule has 1 amide bonds. The van der Waals surface area contributed by atoms with Gasteiger partial charge in [0.05, 0.1) is 6.54 Å². The van der Waals surface area contributed by atoms with Crippen molar-refractivity contribution in [2.45, 2.75) is 19.9 Å². The van der Waals surface area contributed by atoms with Crippen LogP contribution < -0.4 is 0 Å². The summed E-state index contributed by atoms with van der Waals surface area (Å²) in [7, 11) is 0. The van der Waals surface area contributed by atoms with E-state index in [1.54, 1.807) is 18.7 Å². The average Bonchev–Trinajstić information content (AvgIpc) is 2.18. The van der Waals surface area contributed by atoms with Gasteiger partial charge in [0.2, 0.25) is 11.9 Å². The lowest BCUT2D eigenvalue weighted by Crippen LogP contribution is -2.50. The van der Waals surface area contributed by atoms with Crippen LogP contribution in [0.2, 0.25) is 0 Å². The molecule has 1 unspecified atom stereocenters. The number of nitrogens with zero attached hydrogens (tertiary/aromatic N) is 3. The van der Waals surface area contributed by atoms with E-state index in [1.165, 1.54) is 0 Å². The third kappa shape index (κ3) is 3.47. The average molecular weight is 215 g/mol. The van der Waals surface area contributed by atoms with E-state index in [-0.39, 0.29) is 10.8 Å². The van der Waals surface area contributed by atoms with Crippen LogP contribution in [0, 0.1) is 10.1 Å². The van der Waals surface area contributed by atoms with Crippen molar-refractivity contribution in [2.24, 2.45) is 0 Å². The van der Waals surface area contributed by atoms with Crippen molar-refractivity contribution in [3.05, 3.63) is 10.1 Å². The molecule has 15 heavy (non-hydrogen) atoms. The topological polar surface area (TPSA) is 66.7 Å². The van der Waals surface area contributed by atoms with Gasteiger partial charge in [-0.05, 0) is 0 Å². The summed E-state index contributed by atoms with van der Waals surface area (Å²) in [6.45, 7) is 6.46. The van der Waals surface area contributed by atoms with Crippen LogP contribution >= 0.6 is 0 Å². The molecule has 1 heterocycles. The van der Waals surface area contributed by atoms with Crippen LogP contribution in [0.3, 0.4) is 0 Å². The van der Waals surface area contributed by atoms with E-state index < -0.39 is 6.04 Å². The van der Waals surface area contributed by atoms with Gasteiger partial charge in [-0.15, -0.1) is 0 Å². The lowest BCUT2D eigenvalue weighted by atomic mass is 10.2. The van der Waals surface area contributed by atoms with Crippen LogP contribution in [0.4, 0.5) is 0 Å². The summed E-state index contributed by atoms with van der Waals surface area (Å²) in [5, 5.41) is 10.5. The second-order valence-electron chi connectivity index (χ2n) is 3.94. The Morgan fingerprint density at radius 3 is 2.33 bits per heavy atom. The molecule has 0 spiro atoms. The molecule has 6 nitrogen and oxygen atoms in total. The minimum atomic E-state index is -0.533. The predicted molar refractivity (Wildman–Crippen MR) is 55.2 cm³/mol. The number of piperazine rings is 1. The van der Waals surface area contributed by atoms with E-state index in [9.17, 15) is 14.9 Å². The fourth-order valence-electron chi connectivity index (χ4n) is 1.69. The van der Waals surface area contributed by atoms with Gasteiger partial charge in [0.1, 0.15) is 0 Å². The third-order valence-electron chi connectivity index (χ3n) is 2.70. The molecule has 0 aromatic heterocycles. The van der Waals surface area contributed by atoms with Crippen LogP contribution in [0.1, 0.15) is 13.8 Å². The lowest BCUT2D eigenvalue weighted by molar-refractivity contribution is -0.518. The molecule has 86 valence electrons. The summed E-state index contributed by atoms with van der Waals surface area (Å²) >= 11 is 0. The molecule has 0 saturated carbocycles. The van der Waals surface area contributed by atoms with Crippen LogP contribution in [0.15, 0.2) is 0 Å². The molecule has 0 N–H and O–H groups in total. The molecule has 6 heteroatoms. The normalized spacial score (nSPS) is 20.0. The Morgan fingerprint density at radius 2 is 1.93 bits per heavy atom. The molecule has 0 aromatic carbocycles. The highest BCUT2D eigenvalue weighted by atomic mass is 16.6. The van der Waals surface area contributed by atoms with Crippen molar-refractivity contribution >= 4 is 5.91 Å². The van der Waals surface area contributed by atoms with Crippen molar-refractivity contribution in [2.75, 3.05) is 32.7 Å². The zero-order valence-electron chi connectivity index (χ0n) is 9.18. The van der Waals surface area contributed by atoms with E-state index >= 15 is 0 Å². The fourth-order valence-corrected chi connectivity index (χ4v) is 1.69. The Labute approximate surface area is 89.0 Å². The zero-order chi connectivity index (χ0) is 11.4. The lowest BCUT2D eigenvalue weighted by Gasteiger charge is -2.34. The number of carbonyl (C=O) groups is 1. The van der Waals surface area contributed by atoms with E-state index in [2.05, 4.69) is 0 Å². The van der Waals surface area contributed by atoms with Gasteiger partial charge in [0.25, 0.3) is 0 Å². The van der Waals surface area contributed by atoms with Crippen molar-refractivity contribution in [3.8, 4) is 0 Å². The Balaban J connectivity index is 2.31. The van der Waals surface area contributed by atoms with E-state index in [1.807, 2.05) is 4.90 Å². The number of rotatable bonds is 3. The molecule has 1 fully saturated rings.